The summed E-state index contributed by atoms with van der Waals surface area (Å²) in [4.78, 5) is 10.9. The second-order valence-electron chi connectivity index (χ2n) is 8.46. The highest BCUT2D eigenvalue weighted by Crippen LogP contribution is 2.46. The third-order valence-corrected chi connectivity index (χ3v) is 6.36. The zero-order valence-corrected chi connectivity index (χ0v) is 18.3. The number of H-pyrrole nitrogens is 1. The van der Waals surface area contributed by atoms with Gasteiger partial charge in [0.25, 0.3) is 0 Å². The number of allylic oxidation sites excluding steroid dienone is 1. The van der Waals surface area contributed by atoms with Crippen molar-refractivity contribution >= 4 is 34.1 Å². The van der Waals surface area contributed by atoms with Crippen LogP contribution in [0.3, 0.4) is 0 Å². The van der Waals surface area contributed by atoms with Gasteiger partial charge in [0, 0.05) is 11.6 Å². The van der Waals surface area contributed by atoms with Crippen LogP contribution in [0, 0.1) is 17.7 Å². The Bertz CT molecular complexity index is 1430. The van der Waals surface area contributed by atoms with Crippen LogP contribution in [-0.4, -0.2) is 21.3 Å². The number of fused-ring (bicyclic) bond motifs is 1. The van der Waals surface area contributed by atoms with Crippen molar-refractivity contribution in [2.24, 2.45) is 5.92 Å². The summed E-state index contributed by atoms with van der Waals surface area (Å²) in [5, 5.41) is 15.6. The third kappa shape index (κ3) is 4.15. The molecule has 0 amide bonds. The first-order valence-corrected chi connectivity index (χ1v) is 11.2. The molecule has 6 heteroatoms. The number of carbonyl (C=O) groups is 1. The second-order valence-corrected chi connectivity index (χ2v) is 8.46. The molecule has 0 aliphatic heterocycles. The fourth-order valence-electron chi connectivity index (χ4n) is 4.48. The number of aromatic nitrogens is 2. The monoisotopic (exact) mass is 456 g/mol. The van der Waals surface area contributed by atoms with E-state index in [9.17, 15) is 9.18 Å². The Morgan fingerprint density at radius 1 is 1.00 bits per heavy atom. The summed E-state index contributed by atoms with van der Waals surface area (Å²) in [6, 6.07) is 19.6. The van der Waals surface area contributed by atoms with Crippen molar-refractivity contribution in [3.05, 3.63) is 107 Å². The molecular formula is C28H22F2N2O2. The van der Waals surface area contributed by atoms with Gasteiger partial charge in [-0.1, -0.05) is 55.0 Å². The summed E-state index contributed by atoms with van der Waals surface area (Å²) in [6.45, 7) is 0. The van der Waals surface area contributed by atoms with Gasteiger partial charge in [-0.3, -0.25) is 5.10 Å². The predicted molar refractivity (Wildman–Crippen MR) is 129 cm³/mol. The van der Waals surface area contributed by atoms with Gasteiger partial charge in [0.05, 0.1) is 10.9 Å². The molecule has 0 atom stereocenters. The summed E-state index contributed by atoms with van der Waals surface area (Å²) in [7, 11) is 0. The number of rotatable bonds is 6. The molecule has 0 unspecified atom stereocenters. The van der Waals surface area contributed by atoms with E-state index in [1.807, 2.05) is 36.4 Å². The Morgan fingerprint density at radius 3 is 2.41 bits per heavy atom. The van der Waals surface area contributed by atoms with Gasteiger partial charge < -0.3 is 5.11 Å². The topological polar surface area (TPSA) is 66.0 Å². The van der Waals surface area contributed by atoms with Crippen molar-refractivity contribution in [2.75, 3.05) is 0 Å². The van der Waals surface area contributed by atoms with Crippen LogP contribution in [0.15, 0.2) is 72.8 Å². The molecule has 3 aromatic carbocycles. The number of carboxylic acid groups (broad SMARTS) is 1. The minimum Gasteiger partial charge on any atom is -0.478 e. The molecule has 1 heterocycles. The van der Waals surface area contributed by atoms with Gasteiger partial charge in [-0.25, -0.2) is 9.18 Å². The van der Waals surface area contributed by atoms with E-state index in [0.717, 1.165) is 53.2 Å². The average molecular weight is 456 g/mol. The number of benzene rings is 3. The van der Waals surface area contributed by atoms with Crippen molar-refractivity contribution in [2.45, 2.75) is 19.3 Å². The smallest absolute Gasteiger partial charge is 0.328 e. The third-order valence-electron chi connectivity index (χ3n) is 6.36. The normalized spacial score (nSPS) is 14.9. The van der Waals surface area contributed by atoms with Crippen LogP contribution in [-0.2, 0) is 4.79 Å². The zero-order chi connectivity index (χ0) is 23.7. The highest BCUT2D eigenvalue weighted by atomic mass is 19.1. The molecule has 4 aromatic rings. The second kappa shape index (κ2) is 9.06. The van der Waals surface area contributed by atoms with Gasteiger partial charge in [-0.05, 0) is 70.9 Å². The van der Waals surface area contributed by atoms with Crippen LogP contribution in [0.4, 0.5) is 8.78 Å². The van der Waals surface area contributed by atoms with E-state index in [4.69, 9.17) is 5.11 Å². The van der Waals surface area contributed by atoms with Crippen molar-refractivity contribution in [1.29, 1.82) is 0 Å². The van der Waals surface area contributed by atoms with E-state index < -0.39 is 11.9 Å². The van der Waals surface area contributed by atoms with E-state index in [1.165, 1.54) is 12.1 Å². The number of hydrogen-bond donors (Lipinski definition) is 2. The lowest BCUT2D eigenvalue weighted by atomic mass is 9.73. The molecule has 1 fully saturated rings. The molecule has 5 rings (SSSR count). The summed E-state index contributed by atoms with van der Waals surface area (Å²) in [5.41, 5.74) is 5.16. The summed E-state index contributed by atoms with van der Waals surface area (Å²) >= 11 is 0. The maximum atomic E-state index is 15.1. The molecule has 2 N–H and O–H groups in total. The predicted octanol–water partition coefficient (Wildman–Crippen LogP) is 6.70. The molecule has 4 nitrogen and oxygen atoms in total. The summed E-state index contributed by atoms with van der Waals surface area (Å²) in [6.07, 6.45) is 5.58. The van der Waals surface area contributed by atoms with Gasteiger partial charge in [0.2, 0.25) is 5.95 Å². The van der Waals surface area contributed by atoms with Gasteiger partial charge >= 0.3 is 5.97 Å². The molecule has 1 aliphatic carbocycles. The highest BCUT2D eigenvalue weighted by Gasteiger charge is 2.29. The number of nitrogens with zero attached hydrogens (tertiary/aromatic N) is 1. The first-order chi connectivity index (χ1) is 16.5. The number of hydrogen-bond acceptors (Lipinski definition) is 2. The Morgan fingerprint density at radius 2 is 1.74 bits per heavy atom. The van der Waals surface area contributed by atoms with Crippen LogP contribution >= 0.6 is 0 Å². The Kier molecular flexibility index (Phi) is 5.80. The molecule has 34 heavy (non-hydrogen) atoms. The van der Waals surface area contributed by atoms with Crippen LogP contribution < -0.4 is 0 Å². The lowest BCUT2D eigenvalue weighted by Gasteiger charge is -2.32. The average Bonchev–Trinajstić information content (AvgIpc) is 3.17. The Balaban J connectivity index is 1.76. The first kappa shape index (κ1) is 21.8. The number of aliphatic carboxylic acids is 1. The van der Waals surface area contributed by atoms with Crippen molar-refractivity contribution in [1.82, 2.24) is 10.2 Å². The molecule has 0 bridgehead atoms. The molecule has 0 radical (unpaired) electrons. The Hall–Kier alpha value is -4.06. The van der Waals surface area contributed by atoms with E-state index in [-0.39, 0.29) is 11.7 Å². The van der Waals surface area contributed by atoms with Gasteiger partial charge in [0.1, 0.15) is 5.82 Å². The summed E-state index contributed by atoms with van der Waals surface area (Å²) in [5.74, 6) is -1.64. The lowest BCUT2D eigenvalue weighted by Crippen LogP contribution is -2.16. The maximum absolute atomic E-state index is 15.1. The lowest BCUT2D eigenvalue weighted by molar-refractivity contribution is -0.131. The molecule has 170 valence electrons. The standard InChI is InChI=1S/C28H22F2N2O2/c29-23-7-2-1-6-21(23)27(18-4-3-5-18)26(19-11-8-17(9-12-19)10-15-25(33)34)20-13-14-24-22(16-20)28(30)32-31-24/h1-2,6-16,18H,3-5H2,(H,31,32)(H,33,34)/b15-10+,27-26?. The van der Waals surface area contributed by atoms with Crippen LogP contribution in [0.5, 0.6) is 0 Å². The molecule has 1 saturated carbocycles. The van der Waals surface area contributed by atoms with Crippen molar-refractivity contribution in [3.63, 3.8) is 0 Å². The van der Waals surface area contributed by atoms with E-state index >= 15 is 4.39 Å². The Labute approximate surface area is 195 Å². The number of halogens is 2. The number of nitrogens with one attached hydrogen (secondary N) is 1. The van der Waals surface area contributed by atoms with E-state index in [1.54, 1.807) is 24.3 Å². The molecule has 0 spiro atoms. The first-order valence-electron chi connectivity index (χ1n) is 11.2. The number of aromatic amines is 1. The fourth-order valence-corrected chi connectivity index (χ4v) is 4.48. The van der Waals surface area contributed by atoms with Gasteiger partial charge in [-0.2, -0.15) is 9.49 Å². The molecule has 0 saturated heterocycles. The quantitative estimate of drug-likeness (QED) is 0.251. The molecular weight excluding hydrogens is 434 g/mol. The van der Waals surface area contributed by atoms with Crippen LogP contribution in [0.1, 0.15) is 41.5 Å². The van der Waals surface area contributed by atoms with Crippen LogP contribution in [0.25, 0.3) is 28.1 Å². The van der Waals surface area contributed by atoms with E-state index in [0.29, 0.717) is 16.5 Å². The minimum atomic E-state index is -1.02. The molecule has 1 aliphatic rings. The summed E-state index contributed by atoms with van der Waals surface area (Å²) < 4.78 is 29.5. The van der Waals surface area contributed by atoms with E-state index in [2.05, 4.69) is 10.2 Å². The zero-order valence-electron chi connectivity index (χ0n) is 18.3. The maximum Gasteiger partial charge on any atom is 0.328 e. The molecule has 1 aromatic heterocycles. The highest BCUT2D eigenvalue weighted by molar-refractivity contribution is 6.01. The van der Waals surface area contributed by atoms with Gasteiger partial charge in [0.15, 0.2) is 0 Å². The largest absolute Gasteiger partial charge is 0.478 e. The van der Waals surface area contributed by atoms with Crippen LogP contribution in [0.2, 0.25) is 0 Å². The van der Waals surface area contributed by atoms with Crippen molar-refractivity contribution < 1.29 is 18.7 Å². The SMILES string of the molecule is O=C(O)/C=C/c1ccc(C(=C(c2ccccc2F)C2CCC2)c2ccc3n[nH]c(F)c3c2)cc1. The fraction of sp³-hybridized carbons (Fsp3) is 0.143. The van der Waals surface area contributed by atoms with Gasteiger partial charge in [-0.15, -0.1) is 0 Å². The number of carboxylic acids is 1. The van der Waals surface area contributed by atoms with Crippen molar-refractivity contribution in [3.8, 4) is 0 Å². The minimum absolute atomic E-state index is 0.184.